The molecule has 0 spiro atoms. The van der Waals surface area contributed by atoms with E-state index in [0.29, 0.717) is 13.1 Å². The number of amides is 2. The third-order valence-electron chi connectivity index (χ3n) is 2.87. The number of ether oxygens (including phenoxy) is 1. The summed E-state index contributed by atoms with van der Waals surface area (Å²) in [5.74, 6) is -0.437. The highest BCUT2D eigenvalue weighted by Gasteiger charge is 2.21. The molecule has 0 radical (unpaired) electrons. The van der Waals surface area contributed by atoms with Crippen molar-refractivity contribution >= 4 is 12.0 Å². The lowest BCUT2D eigenvalue weighted by Gasteiger charge is -2.27. The number of nitrogens with one attached hydrogen (secondary N) is 2. The van der Waals surface area contributed by atoms with Crippen molar-refractivity contribution in [1.29, 1.82) is 0 Å². The van der Waals surface area contributed by atoms with E-state index in [2.05, 4.69) is 20.7 Å². The average Bonchev–Trinajstić information content (AvgIpc) is 2.93. The fourth-order valence-corrected chi connectivity index (χ4v) is 1.90. The summed E-state index contributed by atoms with van der Waals surface area (Å²) in [6, 6.07) is 0. The van der Waals surface area contributed by atoms with Crippen LogP contribution in [0.1, 0.15) is 36.7 Å². The van der Waals surface area contributed by atoms with Gasteiger partial charge in [-0.1, -0.05) is 0 Å². The van der Waals surface area contributed by atoms with Crippen LogP contribution < -0.4 is 5.32 Å². The molecule has 1 unspecified atom stereocenters. The topological polar surface area (TPSA) is 100 Å². The molecule has 1 saturated heterocycles. The van der Waals surface area contributed by atoms with Crippen LogP contribution in [0.25, 0.3) is 0 Å². The average molecular weight is 267 g/mol. The van der Waals surface area contributed by atoms with Gasteiger partial charge >= 0.3 is 6.09 Å². The Kier molecular flexibility index (Phi) is 4.32. The maximum absolute atomic E-state index is 11.8. The molecular weight excluding hydrogens is 250 g/mol. The molecule has 1 aromatic heterocycles. The molecule has 1 atom stereocenters. The van der Waals surface area contributed by atoms with Gasteiger partial charge in [0.2, 0.25) is 0 Å². The van der Waals surface area contributed by atoms with E-state index in [0.717, 1.165) is 19.3 Å². The lowest BCUT2D eigenvalue weighted by Crippen LogP contribution is -2.42. The molecule has 1 aliphatic rings. The number of piperidine rings is 1. The first kappa shape index (κ1) is 13.3. The van der Waals surface area contributed by atoms with Gasteiger partial charge in [-0.05, 0) is 26.2 Å². The largest absolute Gasteiger partial charge is 0.426 e. The first-order valence-corrected chi connectivity index (χ1v) is 6.29. The van der Waals surface area contributed by atoms with Gasteiger partial charge in [-0.15, -0.1) is 0 Å². The van der Waals surface area contributed by atoms with Crippen LogP contribution in [-0.4, -0.2) is 51.6 Å². The van der Waals surface area contributed by atoms with Crippen LogP contribution in [0.4, 0.5) is 4.79 Å². The predicted molar refractivity (Wildman–Crippen MR) is 65.2 cm³/mol. The fraction of sp³-hybridized carbons (Fsp3) is 0.636. The van der Waals surface area contributed by atoms with Crippen molar-refractivity contribution in [2.75, 3.05) is 13.1 Å². The van der Waals surface area contributed by atoms with Gasteiger partial charge in [-0.3, -0.25) is 4.79 Å². The standard InChI is InChI=1S/C11H17N5O3/c1-8(13-10(17)9-7-12-15-14-9)19-11(18)16-5-3-2-4-6-16/h7-8H,2-6H2,1H3,(H,13,17)(H,12,14,15). The quantitative estimate of drug-likeness (QED) is 0.777. The molecule has 8 nitrogen and oxygen atoms in total. The smallest absolute Gasteiger partial charge is 0.411 e. The number of rotatable bonds is 3. The Morgan fingerprint density at radius 3 is 2.79 bits per heavy atom. The summed E-state index contributed by atoms with van der Waals surface area (Å²) < 4.78 is 5.16. The Labute approximate surface area is 110 Å². The number of aromatic amines is 1. The van der Waals surface area contributed by atoms with E-state index in [9.17, 15) is 9.59 Å². The molecule has 8 heteroatoms. The van der Waals surface area contributed by atoms with Crippen molar-refractivity contribution in [3.63, 3.8) is 0 Å². The maximum atomic E-state index is 11.8. The van der Waals surface area contributed by atoms with E-state index >= 15 is 0 Å². The zero-order valence-corrected chi connectivity index (χ0v) is 10.8. The minimum atomic E-state index is -0.710. The molecule has 1 aliphatic heterocycles. The molecule has 0 aliphatic carbocycles. The molecule has 0 saturated carbocycles. The number of likely N-dealkylation sites (tertiary alicyclic amines) is 1. The van der Waals surface area contributed by atoms with Crippen LogP contribution in [0.2, 0.25) is 0 Å². The summed E-state index contributed by atoms with van der Waals surface area (Å²) in [6.07, 6.45) is 3.33. The van der Waals surface area contributed by atoms with E-state index in [-0.39, 0.29) is 5.69 Å². The Bertz CT molecular complexity index is 428. The highest BCUT2D eigenvalue weighted by molar-refractivity contribution is 5.92. The third-order valence-corrected chi connectivity index (χ3v) is 2.87. The predicted octanol–water partition coefficient (Wildman–Crippen LogP) is 0.503. The molecular formula is C11H17N5O3. The van der Waals surface area contributed by atoms with Gasteiger partial charge in [-0.2, -0.15) is 15.4 Å². The Balaban J connectivity index is 1.78. The molecule has 1 fully saturated rings. The Morgan fingerprint density at radius 1 is 1.42 bits per heavy atom. The van der Waals surface area contributed by atoms with Gasteiger partial charge in [0.15, 0.2) is 11.9 Å². The molecule has 0 aromatic carbocycles. The summed E-state index contributed by atoms with van der Waals surface area (Å²) in [4.78, 5) is 25.1. The number of aromatic nitrogens is 3. The Morgan fingerprint density at radius 2 is 2.16 bits per heavy atom. The highest BCUT2D eigenvalue weighted by atomic mass is 16.6. The highest BCUT2D eigenvalue weighted by Crippen LogP contribution is 2.10. The summed E-state index contributed by atoms with van der Waals surface area (Å²) in [5.41, 5.74) is 0.154. The van der Waals surface area contributed by atoms with Gasteiger partial charge in [-0.25, -0.2) is 4.79 Å². The molecule has 2 rings (SSSR count). The second kappa shape index (κ2) is 6.17. The van der Waals surface area contributed by atoms with Crippen molar-refractivity contribution in [3.05, 3.63) is 11.9 Å². The zero-order valence-electron chi connectivity index (χ0n) is 10.8. The molecule has 2 N–H and O–H groups in total. The van der Waals surface area contributed by atoms with Crippen LogP contribution >= 0.6 is 0 Å². The molecule has 104 valence electrons. The van der Waals surface area contributed by atoms with Crippen LogP contribution in [-0.2, 0) is 4.74 Å². The number of nitrogens with zero attached hydrogens (tertiary/aromatic N) is 3. The van der Waals surface area contributed by atoms with Gasteiger partial charge in [0.25, 0.3) is 5.91 Å². The van der Waals surface area contributed by atoms with Crippen molar-refractivity contribution in [3.8, 4) is 0 Å². The fourth-order valence-electron chi connectivity index (χ4n) is 1.90. The second-order valence-corrected chi connectivity index (χ2v) is 4.40. The Hall–Kier alpha value is -2.12. The monoisotopic (exact) mass is 267 g/mol. The van der Waals surface area contributed by atoms with Gasteiger partial charge < -0.3 is 15.0 Å². The van der Waals surface area contributed by atoms with Crippen molar-refractivity contribution in [1.82, 2.24) is 25.6 Å². The van der Waals surface area contributed by atoms with E-state index in [1.165, 1.54) is 6.20 Å². The normalized spacial score (nSPS) is 16.8. The summed E-state index contributed by atoms with van der Waals surface area (Å²) in [5, 5.41) is 12.0. The summed E-state index contributed by atoms with van der Waals surface area (Å²) in [6.45, 7) is 3.02. The van der Waals surface area contributed by atoms with Crippen LogP contribution in [0.15, 0.2) is 6.20 Å². The number of carbonyl (C=O) groups is 2. The molecule has 19 heavy (non-hydrogen) atoms. The lowest BCUT2D eigenvalue weighted by atomic mass is 10.1. The maximum Gasteiger partial charge on any atom is 0.411 e. The van der Waals surface area contributed by atoms with Gasteiger partial charge in [0.05, 0.1) is 6.20 Å². The van der Waals surface area contributed by atoms with E-state index in [4.69, 9.17) is 4.74 Å². The van der Waals surface area contributed by atoms with Crippen molar-refractivity contribution < 1.29 is 14.3 Å². The van der Waals surface area contributed by atoms with Crippen molar-refractivity contribution in [2.45, 2.75) is 32.4 Å². The molecule has 0 bridgehead atoms. The molecule has 2 heterocycles. The number of hydrogen-bond donors (Lipinski definition) is 2. The number of H-pyrrole nitrogens is 1. The van der Waals surface area contributed by atoms with Crippen LogP contribution in [0.5, 0.6) is 0 Å². The van der Waals surface area contributed by atoms with Crippen LogP contribution in [0, 0.1) is 0 Å². The van der Waals surface area contributed by atoms with E-state index in [1.807, 2.05) is 0 Å². The summed E-state index contributed by atoms with van der Waals surface area (Å²) >= 11 is 0. The number of hydrogen-bond acceptors (Lipinski definition) is 5. The van der Waals surface area contributed by atoms with Gasteiger partial charge in [0, 0.05) is 13.1 Å². The lowest BCUT2D eigenvalue weighted by molar-refractivity contribution is 0.0468. The minimum absolute atomic E-state index is 0.154. The molecule has 1 aromatic rings. The first-order valence-electron chi connectivity index (χ1n) is 6.29. The first-order chi connectivity index (χ1) is 9.16. The van der Waals surface area contributed by atoms with E-state index in [1.54, 1.807) is 11.8 Å². The van der Waals surface area contributed by atoms with E-state index < -0.39 is 18.2 Å². The SMILES string of the molecule is CC(NC(=O)c1cn[nH]n1)OC(=O)N1CCCCC1. The van der Waals surface area contributed by atoms with Crippen molar-refractivity contribution in [2.24, 2.45) is 0 Å². The molecule has 2 amide bonds. The third kappa shape index (κ3) is 3.67. The van der Waals surface area contributed by atoms with Gasteiger partial charge in [0.1, 0.15) is 0 Å². The zero-order chi connectivity index (χ0) is 13.7. The second-order valence-electron chi connectivity index (χ2n) is 4.40. The summed E-state index contributed by atoms with van der Waals surface area (Å²) in [7, 11) is 0. The minimum Gasteiger partial charge on any atom is -0.426 e. The van der Waals surface area contributed by atoms with Crippen LogP contribution in [0.3, 0.4) is 0 Å². The number of carbonyl (C=O) groups excluding carboxylic acids is 2.